The molecule has 6 nitrogen and oxygen atoms in total. The minimum atomic E-state index is 0.00237. The lowest BCUT2D eigenvalue weighted by Gasteiger charge is -2.21. The molecule has 0 radical (unpaired) electrons. The van der Waals surface area contributed by atoms with Crippen LogP contribution in [0.25, 0.3) is 49.6 Å². The van der Waals surface area contributed by atoms with Gasteiger partial charge in [0, 0.05) is 47.6 Å². The van der Waals surface area contributed by atoms with Crippen LogP contribution in [0.3, 0.4) is 0 Å². The molecule has 8 aromatic rings. The number of anilines is 3. The lowest BCUT2D eigenvalue weighted by Crippen LogP contribution is -2.24. The third-order valence-corrected chi connectivity index (χ3v) is 9.38. The predicted molar refractivity (Wildman–Crippen MR) is 193 cm³/mol. The second kappa shape index (κ2) is 10.1. The molecule has 230 valence electrons. The van der Waals surface area contributed by atoms with Gasteiger partial charge in [0.1, 0.15) is 28.5 Å². The summed E-state index contributed by atoms with van der Waals surface area (Å²) in [5.41, 5.74) is 8.46. The number of ether oxygens (including phenoxy) is 1. The molecule has 9 rings (SSSR count). The number of hydrogen-bond donors (Lipinski definition) is 0. The molecule has 6 heteroatoms. The van der Waals surface area contributed by atoms with Gasteiger partial charge in [0.05, 0.1) is 40.2 Å². The fourth-order valence-corrected chi connectivity index (χ4v) is 7.07. The quantitative estimate of drug-likeness (QED) is 0.197. The van der Waals surface area contributed by atoms with E-state index in [4.69, 9.17) is 14.1 Å². The number of hydrogen-bond acceptors (Lipinski definition) is 5. The van der Waals surface area contributed by atoms with Crippen LogP contribution in [0.2, 0.25) is 0 Å². The first-order valence-electron chi connectivity index (χ1n) is 16.0. The first-order valence-corrected chi connectivity index (χ1v) is 16.0. The Balaban J connectivity index is 1.21. The average Bonchev–Trinajstić information content (AvgIpc) is 3.73. The number of benzene rings is 5. The number of nitrogens with zero attached hydrogens (tertiary/aromatic N) is 4. The topological polar surface area (TPSA) is 46.7 Å². The molecule has 3 aromatic heterocycles. The highest BCUT2D eigenvalue weighted by atomic mass is 16.5. The molecular formula is C41H34N4O2. The number of para-hydroxylation sites is 4. The lowest BCUT2D eigenvalue weighted by molar-refractivity contribution is 0.483. The van der Waals surface area contributed by atoms with Gasteiger partial charge in [-0.15, -0.1) is 0 Å². The van der Waals surface area contributed by atoms with Crippen molar-refractivity contribution in [1.82, 2.24) is 9.55 Å². The van der Waals surface area contributed by atoms with Gasteiger partial charge in [-0.25, -0.2) is 4.98 Å². The van der Waals surface area contributed by atoms with Gasteiger partial charge in [-0.3, -0.25) is 4.57 Å². The van der Waals surface area contributed by atoms with Gasteiger partial charge in [0.2, 0.25) is 0 Å². The summed E-state index contributed by atoms with van der Waals surface area (Å²) >= 11 is 0. The summed E-state index contributed by atoms with van der Waals surface area (Å²) in [6.45, 7) is 7.42. The Kier molecular flexibility index (Phi) is 5.94. The third kappa shape index (κ3) is 4.36. The van der Waals surface area contributed by atoms with Crippen molar-refractivity contribution in [3.05, 3.63) is 127 Å². The number of furan rings is 1. The predicted octanol–water partition coefficient (Wildman–Crippen LogP) is 10.7. The Hall–Kier alpha value is -5.75. The van der Waals surface area contributed by atoms with E-state index in [0.717, 1.165) is 68.0 Å². The van der Waals surface area contributed by atoms with Crippen molar-refractivity contribution in [2.45, 2.75) is 26.2 Å². The lowest BCUT2D eigenvalue weighted by atomic mass is 9.88. The number of fused-ring (bicyclic) bond motifs is 7. The van der Waals surface area contributed by atoms with E-state index in [9.17, 15) is 0 Å². The van der Waals surface area contributed by atoms with Crippen LogP contribution >= 0.6 is 0 Å². The summed E-state index contributed by atoms with van der Waals surface area (Å²) in [6.07, 6.45) is 1.91. The van der Waals surface area contributed by atoms with E-state index in [0.29, 0.717) is 5.75 Å². The smallest absolute Gasteiger partial charge is 0.141 e. The van der Waals surface area contributed by atoms with Gasteiger partial charge in [-0.2, -0.15) is 0 Å². The molecule has 0 amide bonds. The van der Waals surface area contributed by atoms with E-state index < -0.39 is 0 Å². The molecule has 0 fully saturated rings. The van der Waals surface area contributed by atoms with E-state index >= 15 is 0 Å². The zero-order chi connectivity index (χ0) is 31.9. The minimum Gasteiger partial charge on any atom is -0.457 e. The Morgan fingerprint density at radius 1 is 0.660 bits per heavy atom. The number of pyridine rings is 1. The van der Waals surface area contributed by atoms with E-state index in [2.05, 4.69) is 139 Å². The van der Waals surface area contributed by atoms with Crippen LogP contribution < -0.4 is 14.5 Å². The van der Waals surface area contributed by atoms with Crippen LogP contribution in [0.1, 0.15) is 26.3 Å². The second-order valence-electron chi connectivity index (χ2n) is 13.5. The maximum atomic E-state index is 6.74. The Morgan fingerprint density at radius 2 is 1.40 bits per heavy atom. The summed E-state index contributed by atoms with van der Waals surface area (Å²) < 4.78 is 15.4. The van der Waals surface area contributed by atoms with Crippen molar-refractivity contribution in [1.29, 1.82) is 0 Å². The van der Waals surface area contributed by atoms with Gasteiger partial charge in [0.25, 0.3) is 0 Å². The van der Waals surface area contributed by atoms with Crippen LogP contribution in [-0.4, -0.2) is 23.3 Å². The van der Waals surface area contributed by atoms with Crippen LogP contribution in [0.4, 0.5) is 17.1 Å². The minimum absolute atomic E-state index is 0.00237. The molecule has 1 aliphatic heterocycles. The highest BCUT2D eigenvalue weighted by Crippen LogP contribution is 2.47. The molecule has 5 aromatic carbocycles. The van der Waals surface area contributed by atoms with Crippen molar-refractivity contribution in [3.8, 4) is 17.3 Å². The molecule has 0 spiro atoms. The summed E-state index contributed by atoms with van der Waals surface area (Å²) in [5.74, 6) is 2.35. The molecule has 0 bridgehead atoms. The Labute approximate surface area is 273 Å². The summed E-state index contributed by atoms with van der Waals surface area (Å²) in [5, 5.41) is 4.51. The van der Waals surface area contributed by atoms with Gasteiger partial charge in [0.15, 0.2) is 0 Å². The summed E-state index contributed by atoms with van der Waals surface area (Å²) in [6, 6.07) is 40.1. The molecule has 0 atom stereocenters. The fourth-order valence-electron chi connectivity index (χ4n) is 7.07. The zero-order valence-corrected chi connectivity index (χ0v) is 26.9. The largest absolute Gasteiger partial charge is 0.457 e. The molecular weight excluding hydrogens is 580 g/mol. The fraction of sp³-hybridized carbons (Fsp3) is 0.146. The van der Waals surface area contributed by atoms with Crippen molar-refractivity contribution in [3.63, 3.8) is 0 Å². The number of aromatic nitrogens is 2. The van der Waals surface area contributed by atoms with Crippen molar-refractivity contribution < 1.29 is 9.15 Å². The zero-order valence-electron chi connectivity index (χ0n) is 26.9. The monoisotopic (exact) mass is 614 g/mol. The van der Waals surface area contributed by atoms with E-state index in [1.165, 1.54) is 16.6 Å². The van der Waals surface area contributed by atoms with Crippen LogP contribution in [0.15, 0.2) is 126 Å². The van der Waals surface area contributed by atoms with E-state index in [1.54, 1.807) is 0 Å². The second-order valence-corrected chi connectivity index (χ2v) is 13.5. The molecule has 0 unspecified atom stereocenters. The molecule has 0 saturated carbocycles. The Morgan fingerprint density at radius 3 is 2.26 bits per heavy atom. The number of rotatable bonds is 4. The van der Waals surface area contributed by atoms with E-state index in [1.807, 2.05) is 24.4 Å². The van der Waals surface area contributed by atoms with Gasteiger partial charge < -0.3 is 19.0 Å². The maximum absolute atomic E-state index is 6.74. The molecule has 4 heterocycles. The average molecular weight is 615 g/mol. The highest BCUT2D eigenvalue weighted by Gasteiger charge is 2.28. The standard InChI is InChI=1S/C41H34N4O2/c1-41(2,3)26-19-20-42-39(21-26)45-32-13-7-5-11-29(32)30-18-17-27(22-35(30)45)46-28-23-36(44-25-43(4)33-14-8-9-15-34(33)44)40-31-12-6-10-16-37(31)47-38(40)24-28/h5-24H,25H2,1-4H3. The Bertz CT molecular complexity index is 2500. The maximum Gasteiger partial charge on any atom is 0.141 e. The van der Waals surface area contributed by atoms with Crippen molar-refractivity contribution in [2.24, 2.45) is 0 Å². The molecule has 0 aliphatic carbocycles. The SMILES string of the molecule is CN1CN(c2cc(Oc3ccc4c5ccccc5n(-c5cc(C(C)(C)C)ccn5)c4c3)cc3oc4ccccc4c23)c2ccccc21. The van der Waals surface area contributed by atoms with Crippen LogP contribution in [0.5, 0.6) is 11.5 Å². The molecule has 47 heavy (non-hydrogen) atoms. The van der Waals surface area contributed by atoms with Crippen molar-refractivity contribution in [2.75, 3.05) is 23.5 Å². The highest BCUT2D eigenvalue weighted by molar-refractivity contribution is 6.13. The first-order chi connectivity index (χ1) is 22.8. The van der Waals surface area contributed by atoms with Crippen molar-refractivity contribution >= 4 is 60.8 Å². The first kappa shape index (κ1) is 27.6. The third-order valence-electron chi connectivity index (χ3n) is 9.38. The van der Waals surface area contributed by atoms with Crippen LogP contribution in [0, 0.1) is 0 Å². The summed E-state index contributed by atoms with van der Waals surface area (Å²) in [4.78, 5) is 9.46. The van der Waals surface area contributed by atoms with Crippen LogP contribution in [-0.2, 0) is 5.41 Å². The molecule has 0 N–H and O–H groups in total. The summed E-state index contributed by atoms with van der Waals surface area (Å²) in [7, 11) is 2.13. The van der Waals surface area contributed by atoms with Gasteiger partial charge >= 0.3 is 0 Å². The normalized spacial score (nSPS) is 13.4. The molecule has 0 saturated heterocycles. The van der Waals surface area contributed by atoms with Gasteiger partial charge in [-0.1, -0.05) is 69.3 Å². The van der Waals surface area contributed by atoms with Gasteiger partial charge in [-0.05, 0) is 59.5 Å². The van der Waals surface area contributed by atoms with E-state index in [-0.39, 0.29) is 5.41 Å². The molecule has 1 aliphatic rings.